The molecule has 0 saturated heterocycles. The van der Waals surface area contributed by atoms with Gasteiger partial charge in [0.2, 0.25) is 0 Å². The van der Waals surface area contributed by atoms with Crippen LogP contribution < -0.4 is 0 Å². The van der Waals surface area contributed by atoms with Crippen LogP contribution in [0.1, 0.15) is 32.1 Å². The SMILES string of the molecule is OCCC[C@H](O)[C@H]1C=CCCC1. The second kappa shape index (κ2) is 5.33. The molecule has 70 valence electrons. The largest absolute Gasteiger partial charge is 0.396 e. The highest BCUT2D eigenvalue weighted by Gasteiger charge is 2.17. The number of aliphatic hydroxyl groups excluding tert-OH is 2. The molecule has 0 amide bonds. The van der Waals surface area contributed by atoms with Gasteiger partial charge in [-0.3, -0.25) is 0 Å². The van der Waals surface area contributed by atoms with Crippen LogP contribution in [0, 0.1) is 5.92 Å². The number of hydrogen-bond donors (Lipinski definition) is 2. The fourth-order valence-corrected chi connectivity index (χ4v) is 1.67. The van der Waals surface area contributed by atoms with Crippen molar-refractivity contribution in [2.24, 2.45) is 5.92 Å². The van der Waals surface area contributed by atoms with Gasteiger partial charge in [-0.1, -0.05) is 12.2 Å². The molecule has 0 aromatic heterocycles. The second-order valence-corrected chi connectivity index (χ2v) is 3.46. The van der Waals surface area contributed by atoms with E-state index in [9.17, 15) is 5.11 Å². The molecule has 1 aliphatic rings. The van der Waals surface area contributed by atoms with Crippen LogP contribution in [0.15, 0.2) is 12.2 Å². The smallest absolute Gasteiger partial charge is 0.0603 e. The Kier molecular flexibility index (Phi) is 4.33. The third kappa shape index (κ3) is 2.95. The third-order valence-corrected chi connectivity index (χ3v) is 2.44. The average Bonchev–Trinajstić information content (AvgIpc) is 2.15. The van der Waals surface area contributed by atoms with Crippen molar-refractivity contribution in [1.82, 2.24) is 0 Å². The molecule has 0 saturated carbocycles. The summed E-state index contributed by atoms with van der Waals surface area (Å²) in [5.74, 6) is 0.338. The molecular weight excluding hydrogens is 152 g/mol. The van der Waals surface area contributed by atoms with Gasteiger partial charge >= 0.3 is 0 Å². The van der Waals surface area contributed by atoms with Gasteiger partial charge in [-0.05, 0) is 32.1 Å². The molecule has 0 bridgehead atoms. The zero-order valence-corrected chi connectivity index (χ0v) is 7.45. The summed E-state index contributed by atoms with van der Waals surface area (Å²) in [6.45, 7) is 0.188. The molecule has 0 aromatic carbocycles. The topological polar surface area (TPSA) is 40.5 Å². The van der Waals surface area contributed by atoms with E-state index in [1.165, 1.54) is 6.42 Å². The quantitative estimate of drug-likeness (QED) is 0.627. The minimum atomic E-state index is -0.242. The molecule has 2 heteroatoms. The molecule has 0 spiro atoms. The fourth-order valence-electron chi connectivity index (χ4n) is 1.67. The van der Waals surface area contributed by atoms with Gasteiger partial charge in [0, 0.05) is 12.5 Å². The lowest BCUT2D eigenvalue weighted by molar-refractivity contribution is 0.104. The van der Waals surface area contributed by atoms with E-state index in [1.807, 2.05) is 0 Å². The third-order valence-electron chi connectivity index (χ3n) is 2.44. The van der Waals surface area contributed by atoms with Crippen molar-refractivity contribution in [3.63, 3.8) is 0 Å². The number of allylic oxidation sites excluding steroid dienone is 1. The summed E-state index contributed by atoms with van der Waals surface area (Å²) in [5.41, 5.74) is 0. The molecule has 1 aliphatic carbocycles. The van der Waals surface area contributed by atoms with Gasteiger partial charge in [0.1, 0.15) is 0 Å². The van der Waals surface area contributed by atoms with E-state index in [1.54, 1.807) is 0 Å². The van der Waals surface area contributed by atoms with Gasteiger partial charge in [-0.15, -0.1) is 0 Å². The van der Waals surface area contributed by atoms with Crippen LogP contribution in [0.4, 0.5) is 0 Å². The van der Waals surface area contributed by atoms with Crippen molar-refractivity contribution in [1.29, 1.82) is 0 Å². The molecule has 0 fully saturated rings. The number of hydrogen-bond acceptors (Lipinski definition) is 2. The highest BCUT2D eigenvalue weighted by Crippen LogP contribution is 2.22. The minimum Gasteiger partial charge on any atom is -0.396 e. The summed E-state index contributed by atoms with van der Waals surface area (Å²) in [6, 6.07) is 0. The molecule has 2 atom stereocenters. The number of rotatable bonds is 4. The lowest BCUT2D eigenvalue weighted by Gasteiger charge is -2.21. The van der Waals surface area contributed by atoms with E-state index in [0.717, 1.165) is 19.3 Å². The van der Waals surface area contributed by atoms with Crippen molar-refractivity contribution in [2.75, 3.05) is 6.61 Å². The van der Waals surface area contributed by atoms with Crippen LogP contribution in [0.5, 0.6) is 0 Å². The van der Waals surface area contributed by atoms with Crippen LogP contribution in [0.2, 0.25) is 0 Å². The summed E-state index contributed by atoms with van der Waals surface area (Å²) in [6.07, 6.45) is 8.91. The Bertz CT molecular complexity index is 143. The Morgan fingerprint density at radius 2 is 2.33 bits per heavy atom. The lowest BCUT2D eigenvalue weighted by Crippen LogP contribution is -2.20. The maximum atomic E-state index is 9.64. The van der Waals surface area contributed by atoms with E-state index < -0.39 is 0 Å². The zero-order valence-electron chi connectivity index (χ0n) is 7.45. The van der Waals surface area contributed by atoms with E-state index in [0.29, 0.717) is 12.3 Å². The minimum absolute atomic E-state index is 0.188. The van der Waals surface area contributed by atoms with Crippen molar-refractivity contribution in [2.45, 2.75) is 38.2 Å². The Morgan fingerprint density at radius 3 is 2.92 bits per heavy atom. The normalized spacial score (nSPS) is 25.7. The first-order chi connectivity index (χ1) is 5.84. The predicted octanol–water partition coefficient (Wildman–Crippen LogP) is 1.48. The Balaban J connectivity index is 2.25. The Morgan fingerprint density at radius 1 is 1.50 bits per heavy atom. The molecule has 0 radical (unpaired) electrons. The number of aliphatic hydroxyl groups is 2. The van der Waals surface area contributed by atoms with E-state index in [2.05, 4.69) is 12.2 Å². The van der Waals surface area contributed by atoms with E-state index >= 15 is 0 Å². The van der Waals surface area contributed by atoms with Gasteiger partial charge in [0.25, 0.3) is 0 Å². The van der Waals surface area contributed by atoms with Gasteiger partial charge in [0.05, 0.1) is 6.10 Å². The van der Waals surface area contributed by atoms with Crippen molar-refractivity contribution < 1.29 is 10.2 Å². The van der Waals surface area contributed by atoms with Crippen LogP contribution in [0.25, 0.3) is 0 Å². The maximum absolute atomic E-state index is 9.64. The summed E-state index contributed by atoms with van der Waals surface area (Å²) in [7, 11) is 0. The van der Waals surface area contributed by atoms with Crippen molar-refractivity contribution in [3.05, 3.63) is 12.2 Å². The Labute approximate surface area is 73.9 Å². The lowest BCUT2D eigenvalue weighted by atomic mass is 9.89. The summed E-state index contributed by atoms with van der Waals surface area (Å²) in [4.78, 5) is 0. The highest BCUT2D eigenvalue weighted by molar-refractivity contribution is 4.95. The van der Waals surface area contributed by atoms with E-state index in [4.69, 9.17) is 5.11 Å². The molecule has 0 heterocycles. The van der Waals surface area contributed by atoms with Crippen LogP contribution >= 0.6 is 0 Å². The van der Waals surface area contributed by atoms with Gasteiger partial charge in [-0.25, -0.2) is 0 Å². The van der Waals surface area contributed by atoms with Crippen LogP contribution in [-0.2, 0) is 0 Å². The summed E-state index contributed by atoms with van der Waals surface area (Å²) in [5, 5.41) is 18.2. The standard InChI is InChI=1S/C10H18O2/c11-8-4-7-10(12)9-5-2-1-3-6-9/h2,5,9-12H,1,3-4,6-8H2/t9-,10-/m0/s1. The van der Waals surface area contributed by atoms with Crippen molar-refractivity contribution >= 4 is 0 Å². The monoisotopic (exact) mass is 170 g/mol. The van der Waals surface area contributed by atoms with Gasteiger partial charge in [0.15, 0.2) is 0 Å². The Hall–Kier alpha value is -0.340. The molecule has 12 heavy (non-hydrogen) atoms. The molecule has 2 N–H and O–H groups in total. The van der Waals surface area contributed by atoms with Crippen LogP contribution in [0.3, 0.4) is 0 Å². The first-order valence-corrected chi connectivity index (χ1v) is 4.80. The molecule has 0 aliphatic heterocycles. The summed E-state index contributed by atoms with van der Waals surface area (Å²) >= 11 is 0. The first-order valence-electron chi connectivity index (χ1n) is 4.80. The molecule has 0 unspecified atom stereocenters. The fraction of sp³-hybridized carbons (Fsp3) is 0.800. The van der Waals surface area contributed by atoms with Crippen molar-refractivity contribution in [3.8, 4) is 0 Å². The first kappa shape index (κ1) is 9.75. The maximum Gasteiger partial charge on any atom is 0.0603 e. The predicted molar refractivity (Wildman–Crippen MR) is 48.8 cm³/mol. The highest BCUT2D eigenvalue weighted by atomic mass is 16.3. The second-order valence-electron chi connectivity index (χ2n) is 3.46. The molecular formula is C10H18O2. The summed E-state index contributed by atoms with van der Waals surface area (Å²) < 4.78 is 0. The molecule has 0 aromatic rings. The average molecular weight is 170 g/mol. The zero-order chi connectivity index (χ0) is 8.81. The van der Waals surface area contributed by atoms with E-state index in [-0.39, 0.29) is 12.7 Å². The molecule has 1 rings (SSSR count). The van der Waals surface area contributed by atoms with Gasteiger partial charge < -0.3 is 10.2 Å². The van der Waals surface area contributed by atoms with Gasteiger partial charge in [-0.2, -0.15) is 0 Å². The van der Waals surface area contributed by atoms with Crippen LogP contribution in [-0.4, -0.2) is 22.9 Å². The molecule has 2 nitrogen and oxygen atoms in total.